The zero-order chi connectivity index (χ0) is 21.3. The van der Waals surface area contributed by atoms with E-state index in [0.29, 0.717) is 12.2 Å². The third kappa shape index (κ3) is 5.61. The second-order valence-electron chi connectivity index (χ2n) is 6.67. The Morgan fingerprint density at radius 2 is 2.04 bits per heavy atom. The van der Waals surface area contributed by atoms with Crippen LogP contribution >= 0.6 is 15.2 Å². The molecule has 4 N–H and O–H groups in total. The highest BCUT2D eigenvalue weighted by Gasteiger charge is 2.41. The maximum absolute atomic E-state index is 12.4. The van der Waals surface area contributed by atoms with E-state index in [1.165, 1.54) is 13.1 Å². The molecule has 5 unspecified atom stereocenters. The molecule has 0 amide bonds. The van der Waals surface area contributed by atoms with Crippen molar-refractivity contribution in [3.8, 4) is 0 Å². The summed E-state index contributed by atoms with van der Waals surface area (Å²) in [5.41, 5.74) is -1.70. The van der Waals surface area contributed by atoms with Gasteiger partial charge in [-0.1, -0.05) is 13.8 Å². The van der Waals surface area contributed by atoms with Crippen molar-refractivity contribution in [1.29, 1.82) is 0 Å². The number of aryl methyl sites for hydroxylation is 1. The number of hydrogen-bond acceptors (Lipinski definition) is 6. The number of aromatic amines is 1. The minimum atomic E-state index is -4.50. The highest BCUT2D eigenvalue weighted by Crippen LogP contribution is 2.52. The fourth-order valence-electron chi connectivity index (χ4n) is 2.63. The van der Waals surface area contributed by atoms with E-state index in [4.69, 9.17) is 19.0 Å². The van der Waals surface area contributed by atoms with E-state index in [0.717, 1.165) is 10.6 Å². The van der Waals surface area contributed by atoms with E-state index in [1.54, 1.807) is 13.8 Å². The first-order valence-electron chi connectivity index (χ1n) is 8.57. The zero-order valence-corrected chi connectivity index (χ0v) is 17.4. The van der Waals surface area contributed by atoms with Crippen LogP contribution in [0.4, 0.5) is 0 Å². The van der Waals surface area contributed by atoms with E-state index in [2.05, 4.69) is 4.98 Å². The minimum absolute atomic E-state index is 0.0391. The van der Waals surface area contributed by atoms with Crippen molar-refractivity contribution < 1.29 is 33.1 Å². The Labute approximate surface area is 160 Å². The predicted octanol–water partition coefficient (Wildman–Crippen LogP) is 1.19. The average Bonchev–Trinajstić information content (AvgIpc) is 2.96. The van der Waals surface area contributed by atoms with Crippen LogP contribution in [0.3, 0.4) is 0 Å². The molecule has 0 saturated carbocycles. The van der Waals surface area contributed by atoms with Crippen LogP contribution in [0.2, 0.25) is 0 Å². The molecule has 158 valence electrons. The third-order valence-corrected chi connectivity index (χ3v) is 7.09. The Bertz CT molecular complexity index is 948. The van der Waals surface area contributed by atoms with Crippen molar-refractivity contribution in [3.05, 3.63) is 44.5 Å². The molecule has 0 aromatic carbocycles. The molecule has 2 heterocycles. The third-order valence-electron chi connectivity index (χ3n) is 4.47. The van der Waals surface area contributed by atoms with Gasteiger partial charge in [-0.05, 0) is 19.4 Å². The van der Waals surface area contributed by atoms with Crippen LogP contribution < -0.4 is 11.2 Å². The summed E-state index contributed by atoms with van der Waals surface area (Å²) < 4.78 is 35.7. The minimum Gasteiger partial charge on any atom is -0.348 e. The molecule has 1 saturated heterocycles. The highest BCUT2D eigenvalue weighted by molar-refractivity contribution is 7.55. The fraction of sp³-hybridized carbons (Fsp3) is 0.600. The monoisotopic (exact) mass is 438 g/mol. The lowest BCUT2D eigenvalue weighted by atomic mass is 10.2. The maximum atomic E-state index is 12.4. The summed E-state index contributed by atoms with van der Waals surface area (Å²) >= 11 is 0. The summed E-state index contributed by atoms with van der Waals surface area (Å²) in [4.78, 5) is 54.0. The molecule has 1 aliphatic rings. The molecule has 1 aliphatic heterocycles. The molecule has 5 atom stereocenters. The van der Waals surface area contributed by atoms with Gasteiger partial charge in [-0.15, -0.1) is 0 Å². The van der Waals surface area contributed by atoms with E-state index >= 15 is 0 Å². The van der Waals surface area contributed by atoms with Gasteiger partial charge < -0.3 is 23.9 Å². The lowest BCUT2D eigenvalue weighted by molar-refractivity contribution is 0.00653. The van der Waals surface area contributed by atoms with Gasteiger partial charge in [-0.3, -0.25) is 23.5 Å². The van der Waals surface area contributed by atoms with Gasteiger partial charge in [0.05, 0.1) is 5.66 Å². The number of hydrogen-bond donors (Lipinski definition) is 4. The number of aromatic nitrogens is 2. The zero-order valence-electron chi connectivity index (χ0n) is 15.6. The fourth-order valence-corrected chi connectivity index (χ4v) is 4.29. The molecular formula is C15H24N2O9P2. The molecule has 11 nitrogen and oxygen atoms in total. The Balaban J connectivity index is 2.36. The predicted molar refractivity (Wildman–Crippen MR) is 100 cm³/mol. The highest BCUT2D eigenvalue weighted by atomic mass is 31.2. The number of nitrogens with one attached hydrogen (secondary N) is 1. The van der Waals surface area contributed by atoms with Gasteiger partial charge in [0.25, 0.3) is 5.56 Å². The first kappa shape index (κ1) is 23.0. The second kappa shape index (κ2) is 8.59. The van der Waals surface area contributed by atoms with Crippen LogP contribution in [0.25, 0.3) is 0 Å². The van der Waals surface area contributed by atoms with Crippen LogP contribution in [0.1, 0.15) is 38.5 Å². The van der Waals surface area contributed by atoms with Crippen molar-refractivity contribution >= 4 is 15.2 Å². The van der Waals surface area contributed by atoms with Crippen LogP contribution in [0.5, 0.6) is 0 Å². The first-order chi connectivity index (χ1) is 12.8. The van der Waals surface area contributed by atoms with Gasteiger partial charge in [-0.2, -0.15) is 0 Å². The van der Waals surface area contributed by atoms with Gasteiger partial charge in [0, 0.05) is 24.0 Å². The van der Waals surface area contributed by atoms with Crippen LogP contribution in [0, 0.1) is 6.92 Å². The molecule has 0 aliphatic carbocycles. The lowest BCUT2D eigenvalue weighted by Crippen LogP contribution is -2.33. The largest absolute Gasteiger partial charge is 0.348 e. The average molecular weight is 438 g/mol. The Kier molecular flexibility index (Phi) is 7.04. The van der Waals surface area contributed by atoms with E-state index in [1.807, 2.05) is 0 Å². The van der Waals surface area contributed by atoms with Crippen molar-refractivity contribution in [2.24, 2.45) is 0 Å². The molecular weight excluding hydrogens is 414 g/mol. The second-order valence-corrected chi connectivity index (χ2v) is 10.4. The molecule has 0 spiro atoms. The SMILES string of the molecule is CCC(C)P(=O)(O)OC1CC(n2cc(C)c(=O)[nH]c2=O)OC1/C=C/P(=O)(O)O. The van der Waals surface area contributed by atoms with Gasteiger partial charge in [-0.25, -0.2) is 4.79 Å². The van der Waals surface area contributed by atoms with Crippen molar-refractivity contribution in [3.63, 3.8) is 0 Å². The van der Waals surface area contributed by atoms with Gasteiger partial charge >= 0.3 is 20.9 Å². The molecule has 1 fully saturated rings. The topological polar surface area (TPSA) is 168 Å². The molecule has 1 aromatic rings. The number of ether oxygens (including phenoxy) is 1. The van der Waals surface area contributed by atoms with E-state index in [9.17, 15) is 23.6 Å². The van der Waals surface area contributed by atoms with Crippen LogP contribution in [-0.2, 0) is 18.4 Å². The van der Waals surface area contributed by atoms with Gasteiger partial charge in [0.15, 0.2) is 0 Å². The summed E-state index contributed by atoms with van der Waals surface area (Å²) in [5, 5.41) is 0. The molecule has 28 heavy (non-hydrogen) atoms. The lowest BCUT2D eigenvalue weighted by Gasteiger charge is -2.23. The molecule has 1 aromatic heterocycles. The summed E-state index contributed by atoms with van der Waals surface area (Å²) in [6.07, 6.45) is -0.402. The molecule has 0 radical (unpaired) electrons. The number of H-pyrrole nitrogens is 1. The maximum Gasteiger partial charge on any atom is 0.348 e. The van der Waals surface area contributed by atoms with Crippen molar-refractivity contribution in [2.75, 3.05) is 0 Å². The van der Waals surface area contributed by atoms with Crippen LogP contribution in [0.15, 0.2) is 27.7 Å². The molecule has 13 heteroatoms. The normalized spacial score (nSPS) is 26.4. The van der Waals surface area contributed by atoms with Crippen molar-refractivity contribution in [1.82, 2.24) is 9.55 Å². The Morgan fingerprint density at radius 1 is 1.39 bits per heavy atom. The first-order valence-corrected chi connectivity index (χ1v) is 11.9. The van der Waals surface area contributed by atoms with Gasteiger partial charge in [0.2, 0.25) is 0 Å². The summed E-state index contributed by atoms with van der Waals surface area (Å²) in [6.45, 7) is 4.76. The van der Waals surface area contributed by atoms with E-state index < -0.39 is 50.5 Å². The van der Waals surface area contributed by atoms with Crippen LogP contribution in [-0.4, -0.2) is 42.1 Å². The number of nitrogens with zero attached hydrogens (tertiary/aromatic N) is 1. The molecule has 2 rings (SSSR count). The molecule has 0 bridgehead atoms. The Hall–Kier alpha value is -1.32. The summed E-state index contributed by atoms with van der Waals surface area (Å²) in [5.74, 6) is 0.614. The number of rotatable bonds is 7. The quantitative estimate of drug-likeness (QED) is 0.457. The van der Waals surface area contributed by atoms with Crippen molar-refractivity contribution in [2.45, 2.75) is 57.7 Å². The summed E-state index contributed by atoms with van der Waals surface area (Å²) in [6, 6.07) is 0. The smallest absolute Gasteiger partial charge is 0.348 e. The summed E-state index contributed by atoms with van der Waals surface area (Å²) in [7, 11) is -8.53. The van der Waals surface area contributed by atoms with Gasteiger partial charge in [0.1, 0.15) is 18.4 Å². The standard InChI is InChI=1S/C15H24N2O9P2/c1-4-10(3)28(23,24)26-12-7-13(25-11(12)5-6-27(20,21)22)17-8-9(2)14(18)16-15(17)19/h5-6,8,10-13H,4,7H2,1-3H3,(H,23,24)(H,16,18,19)(H2,20,21,22)/b6-5+. The van der Waals surface area contributed by atoms with E-state index in [-0.39, 0.29) is 12.0 Å². The Morgan fingerprint density at radius 3 is 2.61 bits per heavy atom.